The monoisotopic (exact) mass is 289 g/mol. The topological polar surface area (TPSA) is 79.5 Å². The predicted molar refractivity (Wildman–Crippen MR) is 60.2 cm³/mol. The van der Waals surface area contributed by atoms with E-state index in [0.29, 0.717) is 11.1 Å². The Morgan fingerprint density at radius 3 is 2.62 bits per heavy atom. The van der Waals surface area contributed by atoms with Gasteiger partial charge in [0.25, 0.3) is 5.91 Å². The van der Waals surface area contributed by atoms with Crippen LogP contribution in [-0.2, 0) is 4.79 Å². The lowest BCUT2D eigenvalue weighted by Crippen LogP contribution is -2.51. The van der Waals surface area contributed by atoms with Crippen LogP contribution in [0.1, 0.15) is 30.6 Å². The number of amides is 1. The van der Waals surface area contributed by atoms with Crippen molar-refractivity contribution in [2.45, 2.75) is 25.8 Å². The Morgan fingerprint density at radius 2 is 2.25 bits per heavy atom. The number of carboxylic acids is 1. The average Bonchev–Trinajstić information content (AvgIpc) is 2.64. The number of carbonyl (C=O) groups excluding carboxylic acids is 1. The van der Waals surface area contributed by atoms with Crippen LogP contribution in [-0.4, -0.2) is 22.5 Å². The molecule has 88 valence electrons. The molecular weight excluding hydrogens is 278 g/mol. The number of carboxylic acid groups (broad SMARTS) is 1. The highest BCUT2D eigenvalue weighted by molar-refractivity contribution is 9.10. The summed E-state index contributed by atoms with van der Waals surface area (Å²) in [6, 6.07) is 1.48. The van der Waals surface area contributed by atoms with Gasteiger partial charge in [-0.1, -0.05) is 6.92 Å². The number of furan rings is 1. The van der Waals surface area contributed by atoms with E-state index in [1.54, 1.807) is 6.92 Å². The van der Waals surface area contributed by atoms with Crippen molar-refractivity contribution >= 4 is 27.8 Å². The molecule has 0 fully saturated rings. The van der Waals surface area contributed by atoms with E-state index in [4.69, 9.17) is 9.52 Å². The fourth-order valence-electron chi connectivity index (χ4n) is 1.04. The third-order valence-corrected chi connectivity index (χ3v) is 2.81. The summed E-state index contributed by atoms with van der Waals surface area (Å²) >= 11 is 3.06. The van der Waals surface area contributed by atoms with E-state index in [-0.39, 0.29) is 5.56 Å². The van der Waals surface area contributed by atoms with Crippen molar-refractivity contribution in [3.05, 3.63) is 22.6 Å². The fraction of sp³-hybridized carbons (Fsp3) is 0.400. The minimum absolute atomic E-state index is 0.285. The molecule has 1 unspecified atom stereocenters. The van der Waals surface area contributed by atoms with Crippen LogP contribution in [0.5, 0.6) is 0 Å². The van der Waals surface area contributed by atoms with Crippen molar-refractivity contribution < 1.29 is 19.1 Å². The van der Waals surface area contributed by atoms with E-state index in [1.807, 2.05) is 0 Å². The lowest BCUT2D eigenvalue weighted by Gasteiger charge is -2.24. The summed E-state index contributed by atoms with van der Waals surface area (Å²) in [4.78, 5) is 22.7. The number of rotatable bonds is 4. The number of halogens is 1. The van der Waals surface area contributed by atoms with Crippen molar-refractivity contribution in [2.24, 2.45) is 0 Å². The molecule has 1 atom stereocenters. The molecule has 6 heteroatoms. The molecule has 2 N–H and O–H groups in total. The molecule has 0 radical (unpaired) electrons. The highest BCUT2D eigenvalue weighted by Crippen LogP contribution is 2.16. The molecule has 0 aliphatic carbocycles. The maximum atomic E-state index is 11.7. The number of aliphatic carboxylic acids is 1. The zero-order chi connectivity index (χ0) is 12.3. The van der Waals surface area contributed by atoms with Crippen molar-refractivity contribution in [1.82, 2.24) is 5.32 Å². The first-order chi connectivity index (χ1) is 7.39. The van der Waals surface area contributed by atoms with Gasteiger partial charge >= 0.3 is 5.97 Å². The Kier molecular flexibility index (Phi) is 3.74. The zero-order valence-corrected chi connectivity index (χ0v) is 10.5. The van der Waals surface area contributed by atoms with Crippen LogP contribution in [0.2, 0.25) is 0 Å². The molecule has 0 saturated carbocycles. The predicted octanol–water partition coefficient (Wildman–Crippen LogP) is 2.03. The Hall–Kier alpha value is -1.30. The lowest BCUT2D eigenvalue weighted by molar-refractivity contribution is -0.143. The molecule has 5 nitrogen and oxygen atoms in total. The Morgan fingerprint density at radius 1 is 1.62 bits per heavy atom. The summed E-state index contributed by atoms with van der Waals surface area (Å²) in [7, 11) is 0. The van der Waals surface area contributed by atoms with Gasteiger partial charge in [-0.15, -0.1) is 0 Å². The third kappa shape index (κ3) is 2.63. The molecule has 1 heterocycles. The second-order valence-corrected chi connectivity index (χ2v) is 4.37. The first-order valence-corrected chi connectivity index (χ1v) is 5.48. The van der Waals surface area contributed by atoms with Gasteiger partial charge in [0.05, 0.1) is 5.56 Å². The van der Waals surface area contributed by atoms with Crippen LogP contribution in [0.15, 0.2) is 21.4 Å². The average molecular weight is 290 g/mol. The second-order valence-electron chi connectivity index (χ2n) is 3.58. The molecule has 0 aliphatic rings. The van der Waals surface area contributed by atoms with Crippen LogP contribution in [0.25, 0.3) is 0 Å². The van der Waals surface area contributed by atoms with Gasteiger partial charge in [-0.2, -0.15) is 0 Å². The van der Waals surface area contributed by atoms with Crippen LogP contribution in [0.4, 0.5) is 0 Å². The molecule has 1 amide bonds. The first kappa shape index (κ1) is 12.8. The summed E-state index contributed by atoms with van der Waals surface area (Å²) in [5.41, 5.74) is -0.978. The molecule has 1 aromatic rings. The summed E-state index contributed by atoms with van der Waals surface area (Å²) in [6.45, 7) is 3.15. The molecule has 0 aliphatic heterocycles. The fourth-order valence-corrected chi connectivity index (χ4v) is 1.39. The van der Waals surface area contributed by atoms with Gasteiger partial charge in [-0.3, -0.25) is 4.79 Å². The van der Waals surface area contributed by atoms with Gasteiger partial charge in [0, 0.05) is 6.07 Å². The van der Waals surface area contributed by atoms with Crippen molar-refractivity contribution in [3.63, 3.8) is 0 Å². The third-order valence-electron chi connectivity index (χ3n) is 2.40. The molecule has 0 spiro atoms. The maximum Gasteiger partial charge on any atom is 0.329 e. The maximum absolute atomic E-state index is 11.7. The minimum Gasteiger partial charge on any atom is -0.480 e. The van der Waals surface area contributed by atoms with E-state index in [0.717, 1.165) is 0 Å². The SMILES string of the molecule is CCC(C)(NC(=O)c1coc(Br)c1)C(=O)O. The molecule has 0 aromatic carbocycles. The molecule has 1 aromatic heterocycles. The van der Waals surface area contributed by atoms with Crippen LogP contribution in [0, 0.1) is 0 Å². The summed E-state index contributed by atoms with van der Waals surface area (Å²) in [5.74, 6) is -1.54. The number of hydrogen-bond donors (Lipinski definition) is 2. The molecule has 0 bridgehead atoms. The first-order valence-electron chi connectivity index (χ1n) is 4.69. The van der Waals surface area contributed by atoms with Gasteiger partial charge in [-0.25, -0.2) is 4.79 Å². The van der Waals surface area contributed by atoms with Crippen molar-refractivity contribution in [3.8, 4) is 0 Å². The summed E-state index contributed by atoms with van der Waals surface area (Å²) < 4.78 is 5.33. The Balaban J connectivity index is 2.81. The van der Waals surface area contributed by atoms with E-state index in [9.17, 15) is 9.59 Å². The van der Waals surface area contributed by atoms with E-state index in [2.05, 4.69) is 21.2 Å². The summed E-state index contributed by atoms with van der Waals surface area (Å²) in [6.07, 6.45) is 1.56. The number of nitrogens with one attached hydrogen (secondary N) is 1. The van der Waals surface area contributed by atoms with Gasteiger partial charge in [0.2, 0.25) is 0 Å². The Bertz CT molecular complexity index is 415. The largest absolute Gasteiger partial charge is 0.480 e. The van der Waals surface area contributed by atoms with Crippen LogP contribution >= 0.6 is 15.9 Å². The zero-order valence-electron chi connectivity index (χ0n) is 8.91. The normalized spacial score (nSPS) is 14.2. The van der Waals surface area contributed by atoms with E-state index >= 15 is 0 Å². The second kappa shape index (κ2) is 4.69. The highest BCUT2D eigenvalue weighted by atomic mass is 79.9. The van der Waals surface area contributed by atoms with Gasteiger partial charge < -0.3 is 14.8 Å². The molecule has 0 saturated heterocycles. The van der Waals surface area contributed by atoms with Crippen molar-refractivity contribution in [2.75, 3.05) is 0 Å². The van der Waals surface area contributed by atoms with E-state index in [1.165, 1.54) is 19.3 Å². The number of hydrogen-bond acceptors (Lipinski definition) is 3. The van der Waals surface area contributed by atoms with Crippen LogP contribution < -0.4 is 5.32 Å². The highest BCUT2D eigenvalue weighted by Gasteiger charge is 2.33. The van der Waals surface area contributed by atoms with Crippen molar-refractivity contribution in [1.29, 1.82) is 0 Å². The van der Waals surface area contributed by atoms with Gasteiger partial charge in [-0.05, 0) is 29.3 Å². The molecular formula is C10H12BrNO4. The quantitative estimate of drug-likeness (QED) is 0.889. The summed E-state index contributed by atoms with van der Waals surface area (Å²) in [5, 5.41) is 11.4. The van der Waals surface area contributed by atoms with E-state index < -0.39 is 17.4 Å². The lowest BCUT2D eigenvalue weighted by atomic mass is 9.99. The smallest absolute Gasteiger partial charge is 0.329 e. The van der Waals surface area contributed by atoms with Crippen LogP contribution in [0.3, 0.4) is 0 Å². The number of carbonyl (C=O) groups is 2. The van der Waals surface area contributed by atoms with Gasteiger partial charge in [0.1, 0.15) is 11.8 Å². The Labute approximate surface area is 101 Å². The minimum atomic E-state index is -1.26. The molecule has 16 heavy (non-hydrogen) atoms. The molecule has 1 rings (SSSR count). The van der Waals surface area contributed by atoms with Gasteiger partial charge in [0.15, 0.2) is 4.67 Å². The standard InChI is InChI=1S/C10H12BrNO4/c1-3-10(2,9(14)15)12-8(13)6-4-7(11)16-5-6/h4-5H,3H2,1-2H3,(H,12,13)(H,14,15).